The van der Waals surface area contributed by atoms with Crippen molar-refractivity contribution < 1.29 is 12.7 Å². The molecule has 0 aromatic heterocycles. The van der Waals surface area contributed by atoms with Crippen molar-refractivity contribution in [2.45, 2.75) is 5.75 Å². The van der Waals surface area contributed by atoms with Crippen LogP contribution in [0.4, 0.5) is 0 Å². The summed E-state index contributed by atoms with van der Waals surface area (Å²) < 4.78 is 25.5. The standard InChI is InChI=1S/C7H9NO3S/c8-11-12(9,10)6-7-4-2-1-3-5-7/h1-5H,6,8H2. The molecule has 0 bridgehead atoms. The van der Waals surface area contributed by atoms with Crippen molar-refractivity contribution in [3.05, 3.63) is 35.9 Å². The first kappa shape index (κ1) is 9.18. The average Bonchev–Trinajstić information content (AvgIpc) is 2.06. The molecule has 66 valence electrons. The van der Waals surface area contributed by atoms with E-state index in [2.05, 4.69) is 10.2 Å². The fourth-order valence-electron chi connectivity index (χ4n) is 0.812. The Bertz CT molecular complexity index is 333. The topological polar surface area (TPSA) is 69.4 Å². The van der Waals surface area contributed by atoms with E-state index in [1.165, 1.54) is 0 Å². The number of hydrogen-bond acceptors (Lipinski definition) is 4. The second-order valence-electron chi connectivity index (χ2n) is 2.28. The van der Waals surface area contributed by atoms with Crippen LogP contribution in [0.2, 0.25) is 0 Å². The van der Waals surface area contributed by atoms with Crippen LogP contribution in [-0.4, -0.2) is 8.42 Å². The van der Waals surface area contributed by atoms with Gasteiger partial charge in [0.15, 0.2) is 0 Å². The van der Waals surface area contributed by atoms with Crippen molar-refractivity contribution in [3.8, 4) is 0 Å². The molecule has 0 fully saturated rings. The third kappa shape index (κ3) is 2.61. The van der Waals surface area contributed by atoms with E-state index < -0.39 is 10.1 Å². The highest BCUT2D eigenvalue weighted by molar-refractivity contribution is 7.85. The molecule has 0 spiro atoms. The van der Waals surface area contributed by atoms with Gasteiger partial charge in [0.25, 0.3) is 10.1 Å². The summed E-state index contributed by atoms with van der Waals surface area (Å²) in [5.74, 6) is 4.38. The smallest absolute Gasteiger partial charge is 0.198 e. The summed E-state index contributed by atoms with van der Waals surface area (Å²) in [5.41, 5.74) is 0.656. The lowest BCUT2D eigenvalue weighted by Gasteiger charge is -1.99. The maximum Gasteiger partial charge on any atom is 0.287 e. The lowest BCUT2D eigenvalue weighted by atomic mass is 10.2. The first-order chi connectivity index (χ1) is 5.64. The Morgan fingerprint density at radius 1 is 1.25 bits per heavy atom. The zero-order valence-electron chi connectivity index (χ0n) is 6.30. The molecular weight excluding hydrogens is 178 g/mol. The van der Waals surface area contributed by atoms with Crippen LogP contribution >= 0.6 is 0 Å². The van der Waals surface area contributed by atoms with E-state index in [-0.39, 0.29) is 5.75 Å². The van der Waals surface area contributed by atoms with Gasteiger partial charge in [0, 0.05) is 0 Å². The van der Waals surface area contributed by atoms with Gasteiger partial charge in [-0.25, -0.2) is 0 Å². The Kier molecular flexibility index (Phi) is 2.80. The second-order valence-corrected chi connectivity index (χ2v) is 3.88. The van der Waals surface area contributed by atoms with E-state index in [0.717, 1.165) is 0 Å². The molecule has 0 amide bonds. The van der Waals surface area contributed by atoms with E-state index in [0.29, 0.717) is 5.56 Å². The van der Waals surface area contributed by atoms with Gasteiger partial charge in [0.2, 0.25) is 0 Å². The fourth-order valence-corrected chi connectivity index (χ4v) is 1.48. The number of rotatable bonds is 3. The van der Waals surface area contributed by atoms with Crippen molar-refractivity contribution in [2.24, 2.45) is 5.90 Å². The van der Waals surface area contributed by atoms with Crippen LogP contribution in [0.3, 0.4) is 0 Å². The van der Waals surface area contributed by atoms with E-state index in [9.17, 15) is 8.42 Å². The third-order valence-corrected chi connectivity index (χ3v) is 2.31. The van der Waals surface area contributed by atoms with Crippen molar-refractivity contribution in [1.82, 2.24) is 0 Å². The lowest BCUT2D eigenvalue weighted by molar-refractivity contribution is 0.332. The number of benzene rings is 1. The highest BCUT2D eigenvalue weighted by atomic mass is 32.2. The normalized spacial score (nSPS) is 11.4. The molecule has 0 radical (unpaired) electrons. The van der Waals surface area contributed by atoms with Crippen LogP contribution in [0.1, 0.15) is 5.56 Å². The predicted molar refractivity (Wildman–Crippen MR) is 44.3 cm³/mol. The molecule has 0 saturated carbocycles. The Morgan fingerprint density at radius 2 is 1.83 bits per heavy atom. The zero-order chi connectivity index (χ0) is 9.03. The molecule has 0 atom stereocenters. The van der Waals surface area contributed by atoms with Gasteiger partial charge in [0.05, 0.1) is 0 Å². The molecule has 0 heterocycles. The predicted octanol–water partition coefficient (Wildman–Crippen LogP) is 0.407. The number of nitrogens with two attached hydrogens (primary N) is 1. The summed E-state index contributed by atoms with van der Waals surface area (Å²) in [5, 5.41) is 0. The molecule has 0 aliphatic rings. The minimum Gasteiger partial charge on any atom is -0.198 e. The van der Waals surface area contributed by atoms with Gasteiger partial charge < -0.3 is 0 Å². The van der Waals surface area contributed by atoms with Crippen molar-refractivity contribution in [2.75, 3.05) is 0 Å². The first-order valence-corrected chi connectivity index (χ1v) is 4.87. The van der Waals surface area contributed by atoms with Gasteiger partial charge in [-0.3, -0.25) is 0 Å². The van der Waals surface area contributed by atoms with Gasteiger partial charge in [-0.2, -0.15) is 18.6 Å². The summed E-state index contributed by atoms with van der Waals surface area (Å²) >= 11 is 0. The van der Waals surface area contributed by atoms with Crippen LogP contribution in [0.25, 0.3) is 0 Å². The first-order valence-electron chi connectivity index (χ1n) is 3.29. The van der Waals surface area contributed by atoms with Crippen molar-refractivity contribution in [1.29, 1.82) is 0 Å². The van der Waals surface area contributed by atoms with Gasteiger partial charge in [-0.1, -0.05) is 30.3 Å². The molecule has 1 aromatic carbocycles. The lowest BCUT2D eigenvalue weighted by Crippen LogP contribution is -2.12. The van der Waals surface area contributed by atoms with Crippen molar-refractivity contribution in [3.63, 3.8) is 0 Å². The zero-order valence-corrected chi connectivity index (χ0v) is 7.12. The molecule has 0 saturated heterocycles. The van der Waals surface area contributed by atoms with E-state index >= 15 is 0 Å². The molecule has 1 aromatic rings. The van der Waals surface area contributed by atoms with Gasteiger partial charge >= 0.3 is 0 Å². The van der Waals surface area contributed by atoms with E-state index in [1.54, 1.807) is 30.3 Å². The van der Waals surface area contributed by atoms with Gasteiger partial charge in [-0.15, -0.1) is 0 Å². The summed E-state index contributed by atoms with van der Waals surface area (Å²) in [6.07, 6.45) is 0. The minimum atomic E-state index is -3.59. The highest BCUT2D eigenvalue weighted by Gasteiger charge is 2.09. The monoisotopic (exact) mass is 187 g/mol. The molecule has 2 N–H and O–H groups in total. The fraction of sp³-hybridized carbons (Fsp3) is 0.143. The third-order valence-electron chi connectivity index (χ3n) is 1.33. The maximum atomic E-state index is 10.8. The molecule has 5 heteroatoms. The SMILES string of the molecule is NOS(=O)(=O)Cc1ccccc1. The molecule has 0 aliphatic carbocycles. The molecule has 4 nitrogen and oxygen atoms in total. The molecule has 1 rings (SSSR count). The van der Waals surface area contributed by atoms with E-state index in [4.69, 9.17) is 0 Å². The van der Waals surface area contributed by atoms with Crippen molar-refractivity contribution >= 4 is 10.1 Å². The van der Waals surface area contributed by atoms with Crippen LogP contribution < -0.4 is 5.90 Å². The molecule has 0 unspecified atom stereocenters. The summed E-state index contributed by atoms with van der Waals surface area (Å²) in [6.45, 7) is 0. The Labute approximate surface area is 71.0 Å². The molecule has 12 heavy (non-hydrogen) atoms. The van der Waals surface area contributed by atoms with E-state index in [1.807, 2.05) is 0 Å². The summed E-state index contributed by atoms with van der Waals surface area (Å²) in [7, 11) is -3.59. The van der Waals surface area contributed by atoms with Crippen LogP contribution in [0, 0.1) is 0 Å². The van der Waals surface area contributed by atoms with Crippen LogP contribution in [0.15, 0.2) is 30.3 Å². The minimum absolute atomic E-state index is 0.190. The molecular formula is C7H9NO3S. The highest BCUT2D eigenvalue weighted by Crippen LogP contribution is 2.04. The largest absolute Gasteiger partial charge is 0.287 e. The molecule has 0 aliphatic heterocycles. The Balaban J connectivity index is 2.78. The van der Waals surface area contributed by atoms with Gasteiger partial charge in [0.1, 0.15) is 5.75 Å². The second kappa shape index (κ2) is 3.66. The average molecular weight is 187 g/mol. The Morgan fingerprint density at radius 3 is 2.33 bits per heavy atom. The summed E-state index contributed by atoms with van der Waals surface area (Å²) in [4.78, 5) is 0. The summed E-state index contributed by atoms with van der Waals surface area (Å²) in [6, 6.07) is 8.69. The van der Waals surface area contributed by atoms with Crippen LogP contribution in [0.5, 0.6) is 0 Å². The Hall–Kier alpha value is -0.910. The van der Waals surface area contributed by atoms with Gasteiger partial charge in [-0.05, 0) is 5.56 Å². The quantitative estimate of drug-likeness (QED) is 0.696. The maximum absolute atomic E-state index is 10.8. The van der Waals surface area contributed by atoms with Crippen LogP contribution in [-0.2, 0) is 20.2 Å². The number of hydrogen-bond donors (Lipinski definition) is 1.